The zero-order chi connectivity index (χ0) is 46.2. The van der Waals surface area contributed by atoms with Crippen molar-refractivity contribution in [1.29, 1.82) is 0 Å². The highest BCUT2D eigenvalue weighted by atomic mass is 15.2. The van der Waals surface area contributed by atoms with Gasteiger partial charge in [-0.1, -0.05) is 132 Å². The lowest BCUT2D eigenvalue weighted by atomic mass is 9.33. The van der Waals surface area contributed by atoms with Crippen molar-refractivity contribution >= 4 is 57.2 Å². The fourth-order valence-electron chi connectivity index (χ4n) is 15.4. The fraction of sp³-hybridized carbons (Fsp3) is 0.492. The average molecular weight is 822 g/mol. The maximum absolute atomic E-state index is 8.99. The van der Waals surface area contributed by atoms with Crippen LogP contribution in [-0.2, 0) is 10.8 Å². The summed E-state index contributed by atoms with van der Waals surface area (Å²) in [7, 11) is 0. The van der Waals surface area contributed by atoms with E-state index < -0.39 is 6.85 Å². The molecule has 2 aliphatic heterocycles. The molecule has 11 rings (SSSR count). The van der Waals surface area contributed by atoms with Gasteiger partial charge >= 0.3 is 0 Å². The first kappa shape index (κ1) is 37.2. The average Bonchev–Trinajstić information content (AvgIpc) is 3.93. The molecule has 0 N–H and O–H groups in total. The Balaban J connectivity index is 1.18. The number of hydrogen-bond acceptors (Lipinski definition) is 2. The highest BCUT2D eigenvalue weighted by Crippen LogP contribution is 2.71. The van der Waals surface area contributed by atoms with Crippen molar-refractivity contribution in [3.8, 4) is 0 Å². The second-order valence-corrected chi connectivity index (χ2v) is 25.0. The van der Waals surface area contributed by atoms with Crippen molar-refractivity contribution in [2.24, 2.45) is 33.5 Å². The number of fused-ring (bicyclic) bond motifs is 8. The SMILES string of the molecule is [2H]C([2H])([2H])c1cc2c3c(c1)N(c1ccc(C(C)(C)C)cc1)c1ccc(C(C)(C)C)cc1B3c1cc(C3C4(C)CCC(C4)C3(C)C)ccc1N2c1ccc(C2C3(C)CCC(C3)C2(C)C)cc1. The van der Waals surface area contributed by atoms with Gasteiger partial charge in [0.1, 0.15) is 0 Å². The van der Waals surface area contributed by atoms with E-state index in [1.54, 1.807) is 0 Å². The van der Waals surface area contributed by atoms with E-state index in [0.717, 1.165) is 46.0 Å². The molecule has 4 fully saturated rings. The molecule has 2 heterocycles. The Morgan fingerprint density at radius 3 is 1.47 bits per heavy atom. The summed E-state index contributed by atoms with van der Waals surface area (Å²) in [6.07, 6.45) is 7.87. The van der Waals surface area contributed by atoms with Crippen LogP contribution in [0.4, 0.5) is 34.1 Å². The molecule has 0 spiro atoms. The molecular formula is C59H71BN2. The van der Waals surface area contributed by atoms with Gasteiger partial charge in [-0.2, -0.15) is 0 Å². The molecule has 0 radical (unpaired) electrons. The van der Waals surface area contributed by atoms with E-state index in [-0.39, 0.29) is 33.8 Å². The predicted octanol–water partition coefficient (Wildman–Crippen LogP) is 14.5. The lowest BCUT2D eigenvalue weighted by molar-refractivity contribution is 0.137. The monoisotopic (exact) mass is 822 g/mol. The standard InChI is InChI=1S/C59H71BN2/c1-36-30-49-51-50(31-36)62(44-22-17-39(18-23-44)54(2,3)4)48-25-19-40(55(5,6)7)33-46(48)60(51)45-32-38(53-57(10,11)42-27-29-59(53,13)35-42)16-24-47(45)61(49)43-20-14-37(15-21-43)52-56(8,9)41-26-28-58(52,12)34-41/h14-25,30-33,41-42,52-53H,26-29,34-35H2,1-13H3/i1D3. The van der Waals surface area contributed by atoms with Gasteiger partial charge < -0.3 is 9.80 Å². The highest BCUT2D eigenvalue weighted by molar-refractivity contribution is 7.00. The summed E-state index contributed by atoms with van der Waals surface area (Å²) >= 11 is 0. The molecule has 320 valence electrons. The molecule has 3 heteroatoms. The lowest BCUT2D eigenvalue weighted by Crippen LogP contribution is -2.61. The van der Waals surface area contributed by atoms with Crippen molar-refractivity contribution in [3.63, 3.8) is 0 Å². The zero-order valence-corrected chi connectivity index (χ0v) is 39.8. The third kappa shape index (κ3) is 5.67. The number of anilines is 6. The molecular weight excluding hydrogens is 747 g/mol. The van der Waals surface area contributed by atoms with Gasteiger partial charge in [-0.15, -0.1) is 0 Å². The predicted molar refractivity (Wildman–Crippen MR) is 267 cm³/mol. The topological polar surface area (TPSA) is 6.48 Å². The Morgan fingerprint density at radius 2 is 0.984 bits per heavy atom. The van der Waals surface area contributed by atoms with Crippen LogP contribution in [0.2, 0.25) is 0 Å². The lowest BCUT2D eigenvalue weighted by Gasteiger charge is -2.46. The Bertz CT molecular complexity index is 2740. The van der Waals surface area contributed by atoms with Gasteiger partial charge in [0, 0.05) is 38.2 Å². The van der Waals surface area contributed by atoms with E-state index >= 15 is 0 Å². The smallest absolute Gasteiger partial charge is 0.252 e. The van der Waals surface area contributed by atoms with Gasteiger partial charge in [0.15, 0.2) is 0 Å². The Hall–Kier alpha value is -4.24. The Kier molecular flexibility index (Phi) is 7.76. The summed E-state index contributed by atoms with van der Waals surface area (Å²) < 4.78 is 27.0. The van der Waals surface area contributed by atoms with Crippen LogP contribution < -0.4 is 26.2 Å². The van der Waals surface area contributed by atoms with E-state index in [0.29, 0.717) is 22.8 Å². The largest absolute Gasteiger partial charge is 0.311 e. The summed E-state index contributed by atoms with van der Waals surface area (Å²) in [5, 5.41) is 0. The van der Waals surface area contributed by atoms with Gasteiger partial charge in [-0.25, -0.2) is 0 Å². The fourth-order valence-corrected chi connectivity index (χ4v) is 15.4. The second-order valence-electron chi connectivity index (χ2n) is 25.0. The first-order valence-corrected chi connectivity index (χ1v) is 24.1. The maximum atomic E-state index is 8.99. The molecule has 5 aromatic rings. The van der Waals surface area contributed by atoms with E-state index in [2.05, 4.69) is 178 Å². The molecule has 6 aliphatic rings. The van der Waals surface area contributed by atoms with Crippen molar-refractivity contribution < 1.29 is 4.11 Å². The van der Waals surface area contributed by atoms with Crippen molar-refractivity contribution in [2.75, 3.05) is 9.80 Å². The molecule has 0 saturated heterocycles. The minimum Gasteiger partial charge on any atom is -0.311 e. The van der Waals surface area contributed by atoms with Gasteiger partial charge in [0.25, 0.3) is 6.71 Å². The Morgan fingerprint density at radius 1 is 0.532 bits per heavy atom. The van der Waals surface area contributed by atoms with E-state index in [4.69, 9.17) is 4.11 Å². The second kappa shape index (κ2) is 12.9. The molecule has 6 atom stereocenters. The molecule has 2 nitrogen and oxygen atoms in total. The van der Waals surface area contributed by atoms with Crippen molar-refractivity contribution in [3.05, 3.63) is 125 Å². The molecule has 0 amide bonds. The number of hydrogen-bond donors (Lipinski definition) is 0. The molecule has 4 bridgehead atoms. The molecule has 4 aliphatic carbocycles. The van der Waals surface area contributed by atoms with Gasteiger partial charge in [0.05, 0.1) is 0 Å². The van der Waals surface area contributed by atoms with Crippen LogP contribution >= 0.6 is 0 Å². The van der Waals surface area contributed by atoms with Gasteiger partial charge in [0.2, 0.25) is 0 Å². The molecule has 4 saturated carbocycles. The summed E-state index contributed by atoms with van der Waals surface area (Å²) in [4.78, 5) is 4.82. The number of rotatable bonds is 4. The van der Waals surface area contributed by atoms with Gasteiger partial charge in [-0.3, -0.25) is 0 Å². The number of aryl methyl sites for hydroxylation is 1. The van der Waals surface area contributed by atoms with Crippen molar-refractivity contribution in [2.45, 2.75) is 151 Å². The summed E-state index contributed by atoms with van der Waals surface area (Å²) in [5.41, 5.74) is 16.9. The van der Waals surface area contributed by atoms with Crippen LogP contribution in [0, 0.1) is 40.3 Å². The van der Waals surface area contributed by atoms with E-state index in [1.165, 1.54) is 77.2 Å². The Labute approximate surface area is 379 Å². The van der Waals surface area contributed by atoms with Crippen molar-refractivity contribution in [1.82, 2.24) is 0 Å². The molecule has 62 heavy (non-hydrogen) atoms. The minimum atomic E-state index is -2.32. The summed E-state index contributed by atoms with van der Waals surface area (Å²) in [6, 6.07) is 37.2. The van der Waals surface area contributed by atoms with Crippen LogP contribution in [0.5, 0.6) is 0 Å². The summed E-state index contributed by atoms with van der Waals surface area (Å²) in [5.74, 6) is 2.47. The minimum absolute atomic E-state index is 0.00187. The zero-order valence-electron chi connectivity index (χ0n) is 42.8. The van der Waals surface area contributed by atoms with Crippen LogP contribution in [0.25, 0.3) is 0 Å². The van der Waals surface area contributed by atoms with Crippen LogP contribution in [0.1, 0.15) is 165 Å². The molecule has 0 aromatic heterocycles. The van der Waals surface area contributed by atoms with Crippen LogP contribution in [0.3, 0.4) is 0 Å². The summed E-state index contributed by atoms with van der Waals surface area (Å²) in [6.45, 7) is 26.5. The van der Waals surface area contributed by atoms with E-state index in [1.807, 2.05) is 12.1 Å². The van der Waals surface area contributed by atoms with Crippen LogP contribution in [-0.4, -0.2) is 6.71 Å². The van der Waals surface area contributed by atoms with Gasteiger partial charge in [-0.05, 0) is 194 Å². The highest BCUT2D eigenvalue weighted by Gasteiger charge is 2.61. The van der Waals surface area contributed by atoms with Crippen LogP contribution in [0.15, 0.2) is 97.1 Å². The number of benzene rings is 5. The normalized spacial score (nSPS) is 29.5. The first-order valence-electron chi connectivity index (χ1n) is 25.6. The molecule has 6 unspecified atom stereocenters. The third-order valence-corrected chi connectivity index (χ3v) is 18.3. The quantitative estimate of drug-likeness (QED) is 0.163. The molecule has 5 aromatic carbocycles. The maximum Gasteiger partial charge on any atom is 0.252 e. The third-order valence-electron chi connectivity index (χ3n) is 18.3. The van der Waals surface area contributed by atoms with E-state index in [9.17, 15) is 0 Å². The first-order chi connectivity index (χ1) is 30.3. The number of nitrogens with zero attached hydrogens (tertiary/aromatic N) is 2.